The zero-order chi connectivity index (χ0) is 16.8. The Labute approximate surface area is 137 Å². The lowest BCUT2D eigenvalue weighted by Gasteiger charge is -2.29. The lowest BCUT2D eigenvalue weighted by atomic mass is 10.0. The number of nitrogens with one attached hydrogen (secondary N) is 1. The third kappa shape index (κ3) is 4.67. The number of hydrogen-bond acceptors (Lipinski definition) is 5. The fraction of sp³-hybridized carbons (Fsp3) is 0.588. The molecule has 6 nitrogen and oxygen atoms in total. The van der Waals surface area contributed by atoms with Gasteiger partial charge < -0.3 is 5.32 Å². The van der Waals surface area contributed by atoms with E-state index in [4.69, 9.17) is 0 Å². The summed E-state index contributed by atoms with van der Waals surface area (Å²) < 4.78 is 0. The van der Waals surface area contributed by atoms with Gasteiger partial charge in [0.05, 0.1) is 16.2 Å². The zero-order valence-corrected chi connectivity index (χ0v) is 13.8. The van der Waals surface area contributed by atoms with Crippen LogP contribution in [0.15, 0.2) is 18.2 Å². The molecule has 1 aromatic carbocycles. The van der Waals surface area contributed by atoms with Gasteiger partial charge in [-0.05, 0) is 44.3 Å². The molecule has 0 aliphatic carbocycles. The third-order valence-corrected chi connectivity index (χ3v) is 4.26. The number of nitrogens with zero attached hydrogens (tertiary/aromatic N) is 3. The molecule has 1 aromatic rings. The highest BCUT2D eigenvalue weighted by atomic mass is 16.6. The van der Waals surface area contributed by atoms with E-state index in [0.29, 0.717) is 23.2 Å². The van der Waals surface area contributed by atoms with E-state index >= 15 is 0 Å². The number of hydrogen-bond donors (Lipinski definition) is 1. The average Bonchev–Trinajstić information content (AvgIpc) is 3.05. The molecule has 1 N–H and O–H groups in total. The highest BCUT2D eigenvalue weighted by molar-refractivity contribution is 5.61. The summed E-state index contributed by atoms with van der Waals surface area (Å²) in [5.41, 5.74) is 0.945. The number of non-ortho nitro benzene ring substituents is 1. The summed E-state index contributed by atoms with van der Waals surface area (Å²) in [6, 6.07) is 6.88. The molecule has 1 aliphatic heterocycles. The number of rotatable bonds is 7. The van der Waals surface area contributed by atoms with Gasteiger partial charge in [0, 0.05) is 24.7 Å². The Balaban J connectivity index is 2.07. The van der Waals surface area contributed by atoms with E-state index in [-0.39, 0.29) is 5.69 Å². The minimum absolute atomic E-state index is 0.0506. The van der Waals surface area contributed by atoms with Gasteiger partial charge in [-0.25, -0.2) is 0 Å². The maximum absolute atomic E-state index is 10.8. The molecule has 124 valence electrons. The summed E-state index contributed by atoms with van der Waals surface area (Å²) in [6.45, 7) is 7.45. The van der Waals surface area contributed by atoms with Gasteiger partial charge in [-0.3, -0.25) is 15.0 Å². The van der Waals surface area contributed by atoms with Gasteiger partial charge in [0.25, 0.3) is 5.69 Å². The number of anilines is 1. The maximum atomic E-state index is 10.8. The van der Waals surface area contributed by atoms with Crippen LogP contribution in [0, 0.1) is 27.4 Å². The second-order valence-corrected chi connectivity index (χ2v) is 6.51. The summed E-state index contributed by atoms with van der Waals surface area (Å²) in [5.74, 6) is 0.606. The maximum Gasteiger partial charge on any atom is 0.270 e. The zero-order valence-electron chi connectivity index (χ0n) is 13.8. The van der Waals surface area contributed by atoms with Crippen LogP contribution in [0.4, 0.5) is 11.4 Å². The predicted molar refractivity (Wildman–Crippen MR) is 90.4 cm³/mol. The van der Waals surface area contributed by atoms with Crippen molar-refractivity contribution in [2.45, 2.75) is 39.2 Å². The molecule has 1 heterocycles. The summed E-state index contributed by atoms with van der Waals surface area (Å²) >= 11 is 0. The Kier molecular flexibility index (Phi) is 5.94. The molecule has 2 rings (SSSR count). The number of nitro groups is 1. The minimum atomic E-state index is -0.476. The number of nitriles is 1. The lowest BCUT2D eigenvalue weighted by Crippen LogP contribution is -2.39. The number of benzene rings is 1. The molecule has 23 heavy (non-hydrogen) atoms. The van der Waals surface area contributed by atoms with E-state index in [1.54, 1.807) is 6.07 Å². The molecule has 0 spiro atoms. The first-order chi connectivity index (χ1) is 11.0. The summed E-state index contributed by atoms with van der Waals surface area (Å²) in [7, 11) is 0. The van der Waals surface area contributed by atoms with Crippen molar-refractivity contribution < 1.29 is 4.92 Å². The fourth-order valence-electron chi connectivity index (χ4n) is 3.13. The molecular weight excluding hydrogens is 292 g/mol. The Hall–Kier alpha value is -2.13. The molecule has 1 atom stereocenters. The van der Waals surface area contributed by atoms with Crippen molar-refractivity contribution in [2.24, 2.45) is 5.92 Å². The van der Waals surface area contributed by atoms with Gasteiger partial charge in [0.2, 0.25) is 0 Å². The van der Waals surface area contributed by atoms with Crippen molar-refractivity contribution in [2.75, 3.05) is 25.0 Å². The number of likely N-dealkylation sites (tertiary alicyclic amines) is 1. The Morgan fingerprint density at radius 3 is 2.65 bits per heavy atom. The molecule has 0 saturated carbocycles. The van der Waals surface area contributed by atoms with Crippen LogP contribution in [0.25, 0.3) is 0 Å². The summed E-state index contributed by atoms with van der Waals surface area (Å²) in [6.07, 6.45) is 3.59. The molecule has 0 radical (unpaired) electrons. The largest absolute Gasteiger partial charge is 0.382 e. The molecule has 0 amide bonds. The van der Waals surface area contributed by atoms with Gasteiger partial charge in [0.15, 0.2) is 0 Å². The van der Waals surface area contributed by atoms with Crippen LogP contribution in [0.1, 0.15) is 38.7 Å². The highest BCUT2D eigenvalue weighted by Gasteiger charge is 2.23. The SMILES string of the molecule is CC(C)CC(CNc1ccc([N+](=O)[O-])cc1C#N)N1CCCC1. The van der Waals surface area contributed by atoms with Crippen LogP contribution in [0.2, 0.25) is 0 Å². The van der Waals surface area contributed by atoms with Crippen molar-refractivity contribution in [1.82, 2.24) is 4.90 Å². The van der Waals surface area contributed by atoms with Crippen LogP contribution in [0.5, 0.6) is 0 Å². The van der Waals surface area contributed by atoms with E-state index in [1.807, 2.05) is 6.07 Å². The molecular formula is C17H24N4O2. The topological polar surface area (TPSA) is 82.2 Å². The van der Waals surface area contributed by atoms with Crippen LogP contribution < -0.4 is 5.32 Å². The highest BCUT2D eigenvalue weighted by Crippen LogP contribution is 2.23. The Bertz CT molecular complexity index is 589. The van der Waals surface area contributed by atoms with Crippen molar-refractivity contribution in [3.8, 4) is 6.07 Å². The molecule has 0 aromatic heterocycles. The van der Waals surface area contributed by atoms with E-state index in [0.717, 1.165) is 26.1 Å². The van der Waals surface area contributed by atoms with Gasteiger partial charge in [-0.2, -0.15) is 5.26 Å². The molecule has 1 aliphatic rings. The molecule has 1 unspecified atom stereocenters. The normalized spacial score (nSPS) is 16.3. The molecule has 1 fully saturated rings. The van der Waals surface area contributed by atoms with E-state index in [9.17, 15) is 15.4 Å². The second-order valence-electron chi connectivity index (χ2n) is 6.51. The van der Waals surface area contributed by atoms with Gasteiger partial charge in [0.1, 0.15) is 6.07 Å². The minimum Gasteiger partial charge on any atom is -0.382 e. The lowest BCUT2D eigenvalue weighted by molar-refractivity contribution is -0.384. The van der Waals surface area contributed by atoms with Crippen molar-refractivity contribution in [3.05, 3.63) is 33.9 Å². The van der Waals surface area contributed by atoms with Crippen LogP contribution in [-0.2, 0) is 0 Å². The van der Waals surface area contributed by atoms with Gasteiger partial charge >= 0.3 is 0 Å². The summed E-state index contributed by atoms with van der Waals surface area (Å²) in [4.78, 5) is 12.8. The van der Waals surface area contributed by atoms with Gasteiger partial charge in [-0.1, -0.05) is 13.8 Å². The summed E-state index contributed by atoms with van der Waals surface area (Å²) in [5, 5.41) is 23.4. The Morgan fingerprint density at radius 2 is 2.09 bits per heavy atom. The van der Waals surface area contributed by atoms with Crippen molar-refractivity contribution in [1.29, 1.82) is 5.26 Å². The van der Waals surface area contributed by atoms with Crippen molar-refractivity contribution >= 4 is 11.4 Å². The van der Waals surface area contributed by atoms with E-state index < -0.39 is 4.92 Å². The van der Waals surface area contributed by atoms with Crippen LogP contribution >= 0.6 is 0 Å². The fourth-order valence-corrected chi connectivity index (χ4v) is 3.13. The molecule has 0 bridgehead atoms. The number of nitro benzene ring substituents is 1. The Morgan fingerprint density at radius 1 is 1.39 bits per heavy atom. The van der Waals surface area contributed by atoms with Gasteiger partial charge in [-0.15, -0.1) is 0 Å². The first-order valence-corrected chi connectivity index (χ1v) is 8.17. The third-order valence-electron chi connectivity index (χ3n) is 4.26. The standard InChI is InChI=1S/C17H24N4O2/c1-13(2)9-16(20-7-3-4-8-20)12-19-17-6-5-15(21(22)23)10-14(17)11-18/h5-6,10,13,16,19H,3-4,7-9,12H2,1-2H3. The molecule has 6 heteroatoms. The monoisotopic (exact) mass is 316 g/mol. The molecule has 1 saturated heterocycles. The second kappa shape index (κ2) is 7.93. The first kappa shape index (κ1) is 17.2. The van der Waals surface area contributed by atoms with Crippen LogP contribution in [-0.4, -0.2) is 35.5 Å². The van der Waals surface area contributed by atoms with Crippen molar-refractivity contribution in [3.63, 3.8) is 0 Å². The first-order valence-electron chi connectivity index (χ1n) is 8.17. The quantitative estimate of drug-likeness (QED) is 0.616. The van der Waals surface area contributed by atoms with Crippen LogP contribution in [0.3, 0.4) is 0 Å². The predicted octanol–water partition coefficient (Wildman–Crippen LogP) is 3.39. The van der Waals surface area contributed by atoms with E-state index in [2.05, 4.69) is 24.1 Å². The smallest absolute Gasteiger partial charge is 0.270 e. The van der Waals surface area contributed by atoms with E-state index in [1.165, 1.54) is 25.0 Å². The average molecular weight is 316 g/mol.